The molecule has 0 N–H and O–H groups in total. The van der Waals surface area contributed by atoms with Crippen molar-refractivity contribution in [3.8, 4) is 0 Å². The summed E-state index contributed by atoms with van der Waals surface area (Å²) in [6.07, 6.45) is -0.560. The second kappa shape index (κ2) is 4.91. The summed E-state index contributed by atoms with van der Waals surface area (Å²) < 4.78 is 10.3. The Morgan fingerprint density at radius 2 is 2.10 bits per heavy atom. The number of nitrogens with zero attached hydrogens (tertiary/aromatic N) is 2. The van der Waals surface area contributed by atoms with E-state index in [-0.39, 0.29) is 12.2 Å². The standard InChI is InChI=1S/C11H14N2O7/c1-11(2,5-12(15)16)9(13(17)18)6-3-7(14)10-19-4-8(6)20-10/h3,8-10H,4-5H2,1-2H3/t8-,9+,10-/m1/s1. The topological polar surface area (TPSA) is 122 Å². The van der Waals surface area contributed by atoms with Crippen molar-refractivity contribution >= 4 is 5.78 Å². The molecule has 110 valence electrons. The lowest BCUT2D eigenvalue weighted by Crippen LogP contribution is -2.47. The molecule has 0 spiro atoms. The van der Waals surface area contributed by atoms with Crippen molar-refractivity contribution in [1.29, 1.82) is 0 Å². The highest BCUT2D eigenvalue weighted by Gasteiger charge is 2.52. The maximum Gasteiger partial charge on any atom is 0.248 e. The number of ketones is 1. The minimum atomic E-state index is -1.37. The van der Waals surface area contributed by atoms with E-state index in [1.165, 1.54) is 13.8 Å². The summed E-state index contributed by atoms with van der Waals surface area (Å²) in [6, 6.07) is -1.37. The van der Waals surface area contributed by atoms with E-state index in [4.69, 9.17) is 9.47 Å². The van der Waals surface area contributed by atoms with Crippen LogP contribution in [0, 0.1) is 25.6 Å². The van der Waals surface area contributed by atoms with E-state index >= 15 is 0 Å². The minimum absolute atomic E-state index is 0.0428. The zero-order valence-corrected chi connectivity index (χ0v) is 11.0. The van der Waals surface area contributed by atoms with E-state index < -0.39 is 46.0 Å². The Morgan fingerprint density at radius 3 is 2.65 bits per heavy atom. The van der Waals surface area contributed by atoms with E-state index in [2.05, 4.69) is 0 Å². The number of hydrogen-bond donors (Lipinski definition) is 0. The monoisotopic (exact) mass is 286 g/mol. The van der Waals surface area contributed by atoms with Crippen LogP contribution in [0.2, 0.25) is 0 Å². The number of fused-ring (bicyclic) bond motifs is 2. The van der Waals surface area contributed by atoms with E-state index in [0.717, 1.165) is 6.08 Å². The predicted molar refractivity (Wildman–Crippen MR) is 64.1 cm³/mol. The first-order chi connectivity index (χ1) is 9.22. The van der Waals surface area contributed by atoms with Crippen LogP contribution in [0.3, 0.4) is 0 Å². The molecule has 2 aliphatic rings. The van der Waals surface area contributed by atoms with Gasteiger partial charge in [0.2, 0.25) is 24.7 Å². The van der Waals surface area contributed by atoms with Crippen LogP contribution in [-0.2, 0) is 14.3 Å². The zero-order valence-electron chi connectivity index (χ0n) is 11.0. The smallest absolute Gasteiger partial charge is 0.248 e. The van der Waals surface area contributed by atoms with Crippen molar-refractivity contribution in [2.75, 3.05) is 13.2 Å². The number of ether oxygens (including phenoxy) is 2. The molecular weight excluding hydrogens is 272 g/mol. The van der Waals surface area contributed by atoms with Gasteiger partial charge in [-0.1, -0.05) is 0 Å². The van der Waals surface area contributed by atoms with Crippen LogP contribution in [0.5, 0.6) is 0 Å². The third-order valence-corrected chi connectivity index (χ3v) is 3.40. The summed E-state index contributed by atoms with van der Waals surface area (Å²) in [5, 5.41) is 22.0. The summed E-state index contributed by atoms with van der Waals surface area (Å²) in [7, 11) is 0. The Bertz CT molecular complexity index is 499. The summed E-state index contributed by atoms with van der Waals surface area (Å²) in [6.45, 7) is 2.31. The molecule has 0 amide bonds. The predicted octanol–water partition coefficient (Wildman–Crippen LogP) is 0.185. The molecule has 2 heterocycles. The summed E-state index contributed by atoms with van der Waals surface area (Å²) >= 11 is 0. The van der Waals surface area contributed by atoms with Gasteiger partial charge in [-0.25, -0.2) is 0 Å². The highest BCUT2D eigenvalue weighted by atomic mass is 16.7. The maximum absolute atomic E-state index is 11.7. The third-order valence-electron chi connectivity index (χ3n) is 3.40. The quantitative estimate of drug-likeness (QED) is 0.522. The summed E-state index contributed by atoms with van der Waals surface area (Å²) in [5.41, 5.74) is -1.11. The largest absolute Gasteiger partial charge is 0.343 e. The lowest BCUT2D eigenvalue weighted by molar-refractivity contribution is -0.560. The van der Waals surface area contributed by atoms with Gasteiger partial charge in [0, 0.05) is 15.4 Å². The lowest BCUT2D eigenvalue weighted by Gasteiger charge is -2.29. The first-order valence-electron chi connectivity index (χ1n) is 6.00. The maximum atomic E-state index is 11.7. The molecule has 2 bridgehead atoms. The first-order valence-corrected chi connectivity index (χ1v) is 6.00. The van der Waals surface area contributed by atoms with Crippen molar-refractivity contribution < 1.29 is 24.1 Å². The molecule has 0 unspecified atom stereocenters. The van der Waals surface area contributed by atoms with Gasteiger partial charge in [-0.3, -0.25) is 25.0 Å². The Labute approximate surface area is 113 Å². The molecular formula is C11H14N2O7. The molecule has 0 aromatic carbocycles. The molecule has 20 heavy (non-hydrogen) atoms. The molecule has 3 atom stereocenters. The van der Waals surface area contributed by atoms with Gasteiger partial charge in [-0.05, 0) is 19.9 Å². The van der Waals surface area contributed by atoms with Gasteiger partial charge in [-0.15, -0.1) is 0 Å². The number of hydrogen-bond acceptors (Lipinski definition) is 7. The van der Waals surface area contributed by atoms with Gasteiger partial charge in [-0.2, -0.15) is 0 Å². The van der Waals surface area contributed by atoms with E-state index in [9.17, 15) is 25.0 Å². The molecule has 1 saturated heterocycles. The number of carbonyl (C=O) groups is 1. The fourth-order valence-electron chi connectivity index (χ4n) is 2.58. The molecule has 0 aromatic heterocycles. The van der Waals surface area contributed by atoms with Gasteiger partial charge in [0.1, 0.15) is 11.5 Å². The van der Waals surface area contributed by atoms with Gasteiger partial charge >= 0.3 is 0 Å². The molecule has 9 nitrogen and oxygen atoms in total. The van der Waals surface area contributed by atoms with Crippen molar-refractivity contribution in [3.05, 3.63) is 31.9 Å². The molecule has 9 heteroatoms. The zero-order chi connectivity index (χ0) is 15.1. The highest BCUT2D eigenvalue weighted by molar-refractivity contribution is 5.94. The Balaban J connectivity index is 2.36. The van der Waals surface area contributed by atoms with Crippen LogP contribution in [-0.4, -0.2) is 47.2 Å². The van der Waals surface area contributed by atoms with Crippen molar-refractivity contribution in [1.82, 2.24) is 0 Å². The van der Waals surface area contributed by atoms with Gasteiger partial charge in [0.15, 0.2) is 0 Å². The van der Waals surface area contributed by atoms with Crippen LogP contribution in [0.25, 0.3) is 0 Å². The average molecular weight is 286 g/mol. The molecule has 0 radical (unpaired) electrons. The third kappa shape index (κ3) is 2.54. The van der Waals surface area contributed by atoms with Crippen LogP contribution in [0.1, 0.15) is 13.8 Å². The molecule has 0 saturated carbocycles. The van der Waals surface area contributed by atoms with Crippen molar-refractivity contribution in [2.24, 2.45) is 5.41 Å². The summed E-state index contributed by atoms with van der Waals surface area (Å²) in [4.78, 5) is 32.5. The van der Waals surface area contributed by atoms with Crippen LogP contribution in [0.15, 0.2) is 11.6 Å². The average Bonchev–Trinajstić information content (AvgIpc) is 2.68. The second-order valence-corrected chi connectivity index (χ2v) is 5.50. The number of rotatable bonds is 5. The van der Waals surface area contributed by atoms with E-state index in [1.54, 1.807) is 0 Å². The Morgan fingerprint density at radius 1 is 1.45 bits per heavy atom. The molecule has 0 aliphatic carbocycles. The number of carbonyl (C=O) groups excluding carboxylic acids is 1. The lowest BCUT2D eigenvalue weighted by atomic mass is 9.78. The Hall–Kier alpha value is -1.87. The second-order valence-electron chi connectivity index (χ2n) is 5.50. The molecule has 1 fully saturated rings. The van der Waals surface area contributed by atoms with Crippen LogP contribution in [0.4, 0.5) is 0 Å². The van der Waals surface area contributed by atoms with Crippen LogP contribution < -0.4 is 0 Å². The summed E-state index contributed by atoms with van der Waals surface area (Å²) in [5.74, 6) is -0.502. The van der Waals surface area contributed by atoms with Crippen molar-refractivity contribution in [2.45, 2.75) is 32.3 Å². The van der Waals surface area contributed by atoms with Gasteiger partial charge in [0.05, 0.1) is 6.61 Å². The SMILES string of the molecule is CC(C)(C[N+](=O)[O-])[C@H](C1=CC(=O)[C@@H]2OC[C@H]1O2)[N+](=O)[O-]. The number of nitro groups is 2. The Kier molecular flexibility index (Phi) is 3.57. The fraction of sp³-hybridized carbons (Fsp3) is 0.727. The van der Waals surface area contributed by atoms with Gasteiger partial charge in [0.25, 0.3) is 0 Å². The van der Waals surface area contributed by atoms with E-state index in [0.29, 0.717) is 0 Å². The minimum Gasteiger partial charge on any atom is -0.343 e. The van der Waals surface area contributed by atoms with Crippen LogP contribution >= 0.6 is 0 Å². The highest BCUT2D eigenvalue weighted by Crippen LogP contribution is 2.36. The fourth-order valence-corrected chi connectivity index (χ4v) is 2.58. The van der Waals surface area contributed by atoms with E-state index in [1.807, 2.05) is 0 Å². The first kappa shape index (κ1) is 14.5. The van der Waals surface area contributed by atoms with Gasteiger partial charge < -0.3 is 9.47 Å². The normalized spacial score (nSPS) is 27.1. The molecule has 2 rings (SSSR count). The molecule has 2 aliphatic heterocycles. The van der Waals surface area contributed by atoms with Crippen molar-refractivity contribution in [3.63, 3.8) is 0 Å². The molecule has 0 aromatic rings.